The Morgan fingerprint density at radius 1 is 1.27 bits per heavy atom. The molecule has 6 heteroatoms. The first kappa shape index (κ1) is 18.5. The van der Waals surface area contributed by atoms with E-state index < -0.39 is 0 Å². The van der Waals surface area contributed by atoms with Crippen LogP contribution in [0, 0.1) is 0 Å². The minimum atomic E-state index is 0.265. The van der Waals surface area contributed by atoms with Crippen LogP contribution < -0.4 is 15.4 Å². The van der Waals surface area contributed by atoms with Crippen molar-refractivity contribution in [1.82, 2.24) is 10.6 Å². The molecule has 5 nitrogen and oxygen atoms in total. The van der Waals surface area contributed by atoms with Gasteiger partial charge in [-0.1, -0.05) is 6.07 Å². The second-order valence-corrected chi connectivity index (χ2v) is 5.86. The predicted octanol–water partition coefficient (Wildman–Crippen LogP) is 2.25. The molecule has 1 aromatic carbocycles. The van der Waals surface area contributed by atoms with Crippen LogP contribution in [0.4, 0.5) is 0 Å². The van der Waals surface area contributed by atoms with Crippen LogP contribution in [0.1, 0.15) is 18.4 Å². The number of nitrogens with one attached hydrogen (secondary N) is 2. The maximum atomic E-state index is 9.91. The molecule has 3 N–H and O–H groups in total. The van der Waals surface area contributed by atoms with Crippen LogP contribution in [0.5, 0.6) is 11.5 Å². The van der Waals surface area contributed by atoms with Gasteiger partial charge in [-0.15, -0.1) is 0 Å². The first-order valence-electron chi connectivity index (χ1n) is 7.50. The van der Waals surface area contributed by atoms with Crippen LogP contribution >= 0.6 is 11.8 Å². The third-order valence-corrected chi connectivity index (χ3v) is 3.97. The smallest absolute Gasteiger partial charge is 0.190 e. The molecule has 1 aromatic rings. The van der Waals surface area contributed by atoms with E-state index in [-0.39, 0.29) is 5.75 Å². The number of thioether (sulfide) groups is 1. The Morgan fingerprint density at radius 3 is 2.68 bits per heavy atom. The van der Waals surface area contributed by atoms with Crippen LogP contribution in [0.3, 0.4) is 0 Å². The van der Waals surface area contributed by atoms with Crippen molar-refractivity contribution < 1.29 is 9.84 Å². The molecule has 1 rings (SSSR count). The molecule has 22 heavy (non-hydrogen) atoms. The van der Waals surface area contributed by atoms with Crippen molar-refractivity contribution in [3.8, 4) is 11.5 Å². The Balaban J connectivity index is 2.29. The summed E-state index contributed by atoms with van der Waals surface area (Å²) in [7, 11) is 3.35. The van der Waals surface area contributed by atoms with Gasteiger partial charge in [0.05, 0.1) is 7.11 Å². The second kappa shape index (κ2) is 11.1. The molecule has 0 spiro atoms. The number of benzene rings is 1. The summed E-state index contributed by atoms with van der Waals surface area (Å²) in [5, 5.41) is 16.5. The normalized spacial score (nSPS) is 11.3. The minimum Gasteiger partial charge on any atom is -0.508 e. The lowest BCUT2D eigenvalue weighted by molar-refractivity contribution is 0.406. The van der Waals surface area contributed by atoms with Gasteiger partial charge >= 0.3 is 0 Å². The average Bonchev–Trinajstić information content (AvgIpc) is 2.54. The van der Waals surface area contributed by atoms with Crippen LogP contribution in [-0.2, 0) is 6.42 Å². The first-order valence-corrected chi connectivity index (χ1v) is 8.90. The van der Waals surface area contributed by atoms with Gasteiger partial charge in [0.2, 0.25) is 0 Å². The standard InChI is InChI=1S/C16H27N3O2S/c1-17-16(18-9-4-5-11-22-3)19-10-8-13-6-7-14(21-2)12-15(13)20/h6-7,12,20H,4-5,8-11H2,1-3H3,(H2,17,18,19). The largest absolute Gasteiger partial charge is 0.508 e. The fraction of sp³-hybridized carbons (Fsp3) is 0.562. The van der Waals surface area contributed by atoms with E-state index in [1.165, 1.54) is 12.2 Å². The Hall–Kier alpha value is -1.56. The predicted molar refractivity (Wildman–Crippen MR) is 95.3 cm³/mol. The van der Waals surface area contributed by atoms with Gasteiger partial charge in [0.15, 0.2) is 5.96 Å². The van der Waals surface area contributed by atoms with Crippen LogP contribution in [-0.4, -0.2) is 50.3 Å². The number of methoxy groups -OCH3 is 1. The molecule has 0 radical (unpaired) electrons. The number of ether oxygens (including phenoxy) is 1. The maximum absolute atomic E-state index is 9.91. The summed E-state index contributed by atoms with van der Waals surface area (Å²) >= 11 is 1.88. The third-order valence-electron chi connectivity index (χ3n) is 3.27. The van der Waals surface area contributed by atoms with Gasteiger partial charge in [-0.3, -0.25) is 4.99 Å². The van der Waals surface area contributed by atoms with Crippen LogP contribution in [0.25, 0.3) is 0 Å². The number of unbranched alkanes of at least 4 members (excludes halogenated alkanes) is 1. The summed E-state index contributed by atoms with van der Waals surface area (Å²) in [5.74, 6) is 2.93. The molecule has 0 fully saturated rings. The van der Waals surface area contributed by atoms with Crippen molar-refractivity contribution in [3.63, 3.8) is 0 Å². The molecular formula is C16H27N3O2S. The molecular weight excluding hydrogens is 298 g/mol. The van der Waals surface area contributed by atoms with Gasteiger partial charge in [0, 0.05) is 26.2 Å². The maximum Gasteiger partial charge on any atom is 0.190 e. The van der Waals surface area contributed by atoms with E-state index in [1.54, 1.807) is 20.2 Å². The van der Waals surface area contributed by atoms with Gasteiger partial charge < -0.3 is 20.5 Å². The summed E-state index contributed by atoms with van der Waals surface area (Å²) in [4.78, 5) is 4.19. The second-order valence-electron chi connectivity index (χ2n) is 4.87. The topological polar surface area (TPSA) is 65.9 Å². The van der Waals surface area contributed by atoms with Crippen molar-refractivity contribution in [2.24, 2.45) is 4.99 Å². The van der Waals surface area contributed by atoms with E-state index in [4.69, 9.17) is 4.74 Å². The Kier molecular flexibility index (Phi) is 9.30. The molecule has 0 heterocycles. The van der Waals surface area contributed by atoms with Gasteiger partial charge in [-0.2, -0.15) is 11.8 Å². The lowest BCUT2D eigenvalue weighted by Crippen LogP contribution is -2.38. The number of hydrogen-bond acceptors (Lipinski definition) is 4. The molecule has 0 saturated carbocycles. The lowest BCUT2D eigenvalue weighted by atomic mass is 10.1. The van der Waals surface area contributed by atoms with Crippen molar-refractivity contribution in [1.29, 1.82) is 0 Å². The SMILES string of the molecule is CN=C(NCCCCSC)NCCc1ccc(OC)cc1O. The van der Waals surface area contributed by atoms with E-state index in [9.17, 15) is 5.11 Å². The highest BCUT2D eigenvalue weighted by molar-refractivity contribution is 7.98. The van der Waals surface area contributed by atoms with E-state index in [2.05, 4.69) is 21.9 Å². The van der Waals surface area contributed by atoms with E-state index in [0.717, 1.165) is 30.9 Å². The number of hydrogen-bond donors (Lipinski definition) is 3. The van der Waals surface area contributed by atoms with Crippen LogP contribution in [0.15, 0.2) is 23.2 Å². The molecule has 124 valence electrons. The quantitative estimate of drug-likeness (QED) is 0.369. The van der Waals surface area contributed by atoms with E-state index in [1.807, 2.05) is 23.9 Å². The highest BCUT2D eigenvalue weighted by Gasteiger charge is 2.04. The number of phenols is 1. The Morgan fingerprint density at radius 2 is 2.05 bits per heavy atom. The van der Waals surface area contributed by atoms with Gasteiger partial charge in [0.1, 0.15) is 11.5 Å². The summed E-state index contributed by atoms with van der Waals surface area (Å²) in [6.45, 7) is 1.64. The molecule has 0 aromatic heterocycles. The Bertz CT molecular complexity index is 467. The lowest BCUT2D eigenvalue weighted by Gasteiger charge is -2.12. The van der Waals surface area contributed by atoms with E-state index >= 15 is 0 Å². The monoisotopic (exact) mass is 325 g/mol. The minimum absolute atomic E-state index is 0.265. The van der Waals surface area contributed by atoms with Gasteiger partial charge in [-0.25, -0.2) is 0 Å². The zero-order valence-electron chi connectivity index (χ0n) is 13.7. The fourth-order valence-electron chi connectivity index (χ4n) is 2.00. The number of aliphatic imine (C=N–C) groups is 1. The molecule has 0 atom stereocenters. The summed E-state index contributed by atoms with van der Waals surface area (Å²) in [6, 6.07) is 5.37. The number of rotatable bonds is 9. The molecule has 0 unspecified atom stereocenters. The van der Waals surface area contributed by atoms with Crippen molar-refractivity contribution in [3.05, 3.63) is 23.8 Å². The molecule has 0 aliphatic carbocycles. The molecule has 0 aliphatic heterocycles. The molecule has 0 aliphatic rings. The van der Waals surface area contributed by atoms with Crippen molar-refractivity contribution in [2.45, 2.75) is 19.3 Å². The fourth-order valence-corrected chi connectivity index (χ4v) is 2.49. The highest BCUT2D eigenvalue weighted by Crippen LogP contribution is 2.23. The zero-order chi connectivity index (χ0) is 16.2. The number of aromatic hydroxyl groups is 1. The van der Waals surface area contributed by atoms with Crippen molar-refractivity contribution in [2.75, 3.05) is 39.3 Å². The molecule has 0 amide bonds. The number of guanidine groups is 1. The zero-order valence-corrected chi connectivity index (χ0v) is 14.5. The highest BCUT2D eigenvalue weighted by atomic mass is 32.2. The Labute approximate surface area is 137 Å². The average molecular weight is 325 g/mol. The van der Waals surface area contributed by atoms with Crippen molar-refractivity contribution >= 4 is 17.7 Å². The van der Waals surface area contributed by atoms with Gasteiger partial charge in [0.25, 0.3) is 0 Å². The third kappa shape index (κ3) is 6.93. The number of nitrogens with zero attached hydrogens (tertiary/aromatic N) is 1. The van der Waals surface area contributed by atoms with Gasteiger partial charge in [-0.05, 0) is 42.9 Å². The van der Waals surface area contributed by atoms with E-state index in [0.29, 0.717) is 12.3 Å². The number of phenolic OH excluding ortho intramolecular Hbond substituents is 1. The molecule has 0 bridgehead atoms. The summed E-state index contributed by atoms with van der Waals surface area (Å²) < 4.78 is 5.08. The summed E-state index contributed by atoms with van der Waals surface area (Å²) in [6.07, 6.45) is 5.21. The summed E-state index contributed by atoms with van der Waals surface area (Å²) in [5.41, 5.74) is 0.892. The van der Waals surface area contributed by atoms with Crippen LogP contribution in [0.2, 0.25) is 0 Å². The first-order chi connectivity index (χ1) is 10.7. The molecule has 0 saturated heterocycles.